The summed E-state index contributed by atoms with van der Waals surface area (Å²) in [7, 11) is -1.94. The number of halogens is 3. The lowest BCUT2D eigenvalue weighted by Gasteiger charge is -2.26. The van der Waals surface area contributed by atoms with Crippen molar-refractivity contribution in [2.45, 2.75) is 56.3 Å². The maximum Gasteiger partial charge on any atom is 0.475 e. The van der Waals surface area contributed by atoms with Crippen molar-refractivity contribution >= 4 is 18.9 Å². The number of nitrogens with one attached hydrogen (secondary N) is 2. The first kappa shape index (κ1) is 29.6. The standard InChI is InChI=1S/C25H32BF3N4O5/c27-25(28,29)16-31-21(23(34)32-22(26(36)37)12-17-5-2-1-3-6-17)15-38-14-20-7-4-10-33(20)24(35)19(13-30)11-18-8-9-18/h1-3,5-6,11,18,20-22,31,36-37H,4,7-10,12,14-16H2,(H,32,34)/t20-,21?,22?/m1/s1. The summed E-state index contributed by atoms with van der Waals surface area (Å²) in [4.78, 5) is 27.2. The normalized spacial score (nSPS) is 19.5. The summed E-state index contributed by atoms with van der Waals surface area (Å²) in [6.07, 6.45) is 0.310. The smallest absolute Gasteiger partial charge is 0.426 e. The van der Waals surface area contributed by atoms with Gasteiger partial charge in [-0.1, -0.05) is 36.4 Å². The minimum Gasteiger partial charge on any atom is -0.426 e. The first-order chi connectivity index (χ1) is 18.1. The van der Waals surface area contributed by atoms with Crippen LogP contribution in [0.3, 0.4) is 0 Å². The molecule has 0 aromatic heterocycles. The molecular weight excluding hydrogens is 504 g/mol. The van der Waals surface area contributed by atoms with Gasteiger partial charge in [-0.05, 0) is 43.6 Å². The van der Waals surface area contributed by atoms with Crippen LogP contribution in [0.4, 0.5) is 13.2 Å². The SMILES string of the molecule is N#CC(=CC1CC1)C(=O)N1CCC[C@@H]1COCC(NCC(F)(F)F)C(=O)NC(Cc1ccccc1)B(O)O. The third-order valence-corrected chi connectivity index (χ3v) is 6.46. The average molecular weight is 536 g/mol. The highest BCUT2D eigenvalue weighted by molar-refractivity contribution is 6.43. The summed E-state index contributed by atoms with van der Waals surface area (Å²) in [5.41, 5.74) is 0.774. The summed E-state index contributed by atoms with van der Waals surface area (Å²) in [6.45, 7) is -1.49. The number of alkyl halides is 3. The fourth-order valence-corrected chi connectivity index (χ4v) is 4.26. The van der Waals surface area contributed by atoms with E-state index in [4.69, 9.17) is 4.74 Å². The second kappa shape index (κ2) is 13.8. The van der Waals surface area contributed by atoms with Crippen molar-refractivity contribution in [3.8, 4) is 6.07 Å². The van der Waals surface area contributed by atoms with E-state index in [0.29, 0.717) is 24.9 Å². The Kier molecular flexibility index (Phi) is 10.7. The number of benzene rings is 1. The van der Waals surface area contributed by atoms with Gasteiger partial charge in [-0.15, -0.1) is 0 Å². The zero-order chi connectivity index (χ0) is 27.7. The number of carbonyl (C=O) groups is 2. The molecule has 2 aliphatic rings. The molecule has 2 unspecified atom stereocenters. The van der Waals surface area contributed by atoms with Gasteiger partial charge in [0.1, 0.15) is 17.7 Å². The number of amides is 2. The van der Waals surface area contributed by atoms with Crippen LogP contribution >= 0.6 is 0 Å². The van der Waals surface area contributed by atoms with Gasteiger partial charge in [0.2, 0.25) is 5.91 Å². The highest BCUT2D eigenvalue weighted by Crippen LogP contribution is 2.32. The van der Waals surface area contributed by atoms with Crippen LogP contribution in [0.1, 0.15) is 31.2 Å². The predicted molar refractivity (Wildman–Crippen MR) is 132 cm³/mol. The number of likely N-dealkylation sites (tertiary alicyclic amines) is 1. The molecule has 1 heterocycles. The van der Waals surface area contributed by atoms with Crippen molar-refractivity contribution in [2.24, 2.45) is 5.92 Å². The molecular formula is C25H32BF3N4O5. The minimum atomic E-state index is -4.59. The van der Waals surface area contributed by atoms with Crippen LogP contribution < -0.4 is 10.6 Å². The molecule has 3 atom stereocenters. The largest absolute Gasteiger partial charge is 0.475 e. The molecule has 206 valence electrons. The highest BCUT2D eigenvalue weighted by Gasteiger charge is 2.35. The van der Waals surface area contributed by atoms with E-state index in [2.05, 4.69) is 10.6 Å². The van der Waals surface area contributed by atoms with E-state index in [1.807, 2.05) is 6.07 Å². The molecule has 1 saturated heterocycles. The van der Waals surface area contributed by atoms with Crippen molar-refractivity contribution in [3.05, 3.63) is 47.5 Å². The van der Waals surface area contributed by atoms with Crippen LogP contribution in [-0.4, -0.2) is 84.4 Å². The number of allylic oxidation sites excluding steroid dienone is 1. The Bertz CT molecular complexity index is 1010. The molecule has 3 rings (SSSR count). The van der Waals surface area contributed by atoms with Crippen LogP contribution in [0.5, 0.6) is 0 Å². The van der Waals surface area contributed by atoms with Crippen LogP contribution in [0.25, 0.3) is 0 Å². The predicted octanol–water partition coefficient (Wildman–Crippen LogP) is 1.11. The molecule has 1 saturated carbocycles. The fraction of sp³-hybridized carbons (Fsp3) is 0.560. The number of nitriles is 1. The van der Waals surface area contributed by atoms with E-state index in [-0.39, 0.29) is 30.6 Å². The quantitative estimate of drug-likeness (QED) is 0.169. The second-order valence-corrected chi connectivity index (χ2v) is 9.63. The van der Waals surface area contributed by atoms with Crippen molar-refractivity contribution in [3.63, 3.8) is 0 Å². The first-order valence-corrected chi connectivity index (χ1v) is 12.6. The van der Waals surface area contributed by atoms with Crippen molar-refractivity contribution in [1.82, 2.24) is 15.5 Å². The Morgan fingerprint density at radius 2 is 1.95 bits per heavy atom. The number of carbonyl (C=O) groups excluding carboxylic acids is 2. The Morgan fingerprint density at radius 3 is 2.55 bits per heavy atom. The van der Waals surface area contributed by atoms with Gasteiger partial charge in [-0.3, -0.25) is 14.9 Å². The molecule has 1 aliphatic carbocycles. The zero-order valence-corrected chi connectivity index (χ0v) is 20.9. The van der Waals surface area contributed by atoms with Gasteiger partial charge in [0.15, 0.2) is 0 Å². The molecule has 0 radical (unpaired) electrons. The van der Waals surface area contributed by atoms with Gasteiger partial charge in [-0.2, -0.15) is 18.4 Å². The molecule has 0 spiro atoms. The lowest BCUT2D eigenvalue weighted by Crippen LogP contribution is -2.56. The van der Waals surface area contributed by atoms with Crippen LogP contribution in [0.15, 0.2) is 42.0 Å². The number of ether oxygens (including phenoxy) is 1. The van der Waals surface area contributed by atoms with Gasteiger partial charge in [-0.25, -0.2) is 0 Å². The number of nitrogens with zero attached hydrogens (tertiary/aromatic N) is 2. The Hall–Kier alpha value is -2.92. The fourth-order valence-electron chi connectivity index (χ4n) is 4.26. The van der Waals surface area contributed by atoms with Crippen molar-refractivity contribution in [2.75, 3.05) is 26.3 Å². The van der Waals surface area contributed by atoms with Gasteiger partial charge in [0.05, 0.1) is 31.7 Å². The molecule has 0 bridgehead atoms. The van der Waals surface area contributed by atoms with Crippen molar-refractivity contribution < 1.29 is 37.5 Å². The Balaban J connectivity index is 1.60. The molecule has 1 aromatic carbocycles. The third-order valence-electron chi connectivity index (χ3n) is 6.46. The van der Waals surface area contributed by atoms with E-state index in [1.54, 1.807) is 36.4 Å². The number of hydrogen-bond donors (Lipinski definition) is 4. The molecule has 2 amide bonds. The average Bonchev–Trinajstić information content (AvgIpc) is 3.58. The molecule has 13 heteroatoms. The summed E-state index contributed by atoms with van der Waals surface area (Å²) in [6, 6.07) is 8.81. The van der Waals surface area contributed by atoms with Gasteiger partial charge in [0.25, 0.3) is 5.91 Å². The zero-order valence-electron chi connectivity index (χ0n) is 20.9. The maximum absolute atomic E-state index is 12.9. The third kappa shape index (κ3) is 9.43. The van der Waals surface area contributed by atoms with E-state index in [0.717, 1.165) is 12.8 Å². The van der Waals surface area contributed by atoms with Crippen molar-refractivity contribution in [1.29, 1.82) is 5.26 Å². The van der Waals surface area contributed by atoms with Gasteiger partial charge < -0.3 is 25.0 Å². The lowest BCUT2D eigenvalue weighted by molar-refractivity contribution is -0.135. The van der Waals surface area contributed by atoms with E-state index >= 15 is 0 Å². The summed E-state index contributed by atoms with van der Waals surface area (Å²) in [5, 5.41) is 33.4. The van der Waals surface area contributed by atoms with E-state index in [1.165, 1.54) is 4.90 Å². The Labute approximate surface area is 219 Å². The Morgan fingerprint density at radius 1 is 1.24 bits per heavy atom. The molecule has 1 aliphatic heterocycles. The lowest BCUT2D eigenvalue weighted by atomic mass is 9.76. The van der Waals surface area contributed by atoms with E-state index < -0.39 is 50.2 Å². The first-order valence-electron chi connectivity index (χ1n) is 12.6. The summed E-state index contributed by atoms with van der Waals surface area (Å²) < 4.78 is 44.2. The maximum atomic E-state index is 12.9. The minimum absolute atomic E-state index is 0.0264. The monoisotopic (exact) mass is 536 g/mol. The molecule has 2 fully saturated rings. The summed E-state index contributed by atoms with van der Waals surface area (Å²) >= 11 is 0. The van der Waals surface area contributed by atoms with Crippen LogP contribution in [0, 0.1) is 17.2 Å². The second-order valence-electron chi connectivity index (χ2n) is 9.63. The molecule has 1 aromatic rings. The molecule has 9 nitrogen and oxygen atoms in total. The molecule has 4 N–H and O–H groups in total. The highest BCUT2D eigenvalue weighted by atomic mass is 19.4. The molecule has 38 heavy (non-hydrogen) atoms. The van der Waals surface area contributed by atoms with E-state index in [9.17, 15) is 38.1 Å². The van der Waals surface area contributed by atoms with Crippen LogP contribution in [0.2, 0.25) is 0 Å². The van der Waals surface area contributed by atoms with Gasteiger partial charge in [0, 0.05) is 6.54 Å². The summed E-state index contributed by atoms with van der Waals surface area (Å²) in [5.74, 6) is -2.20. The van der Waals surface area contributed by atoms with Gasteiger partial charge >= 0.3 is 13.3 Å². The number of hydrogen-bond acceptors (Lipinski definition) is 7. The van der Waals surface area contributed by atoms with Crippen LogP contribution in [-0.2, 0) is 20.7 Å². The number of rotatable bonds is 13. The topological polar surface area (TPSA) is 135 Å².